The van der Waals surface area contributed by atoms with E-state index >= 15 is 0 Å². The Morgan fingerprint density at radius 3 is 2.61 bits per heavy atom. The lowest BCUT2D eigenvalue weighted by Crippen LogP contribution is -2.39. The molecular weight excluding hydrogens is 316 g/mol. The van der Waals surface area contributed by atoms with E-state index in [1.165, 1.54) is 8.61 Å². The van der Waals surface area contributed by atoms with E-state index in [0.29, 0.717) is 17.9 Å². The number of nitrogens with zero attached hydrogens (tertiary/aromatic N) is 6. The Bertz CT molecular complexity index is 784. The molecule has 0 unspecified atom stereocenters. The molecule has 3 heterocycles. The second-order valence-corrected chi connectivity index (χ2v) is 7.82. The van der Waals surface area contributed by atoms with E-state index < -0.39 is 10.2 Å². The van der Waals surface area contributed by atoms with Crippen LogP contribution in [0.2, 0.25) is 0 Å². The van der Waals surface area contributed by atoms with Crippen LogP contribution in [0.15, 0.2) is 24.7 Å². The average Bonchev–Trinajstić information content (AvgIpc) is 3.16. The molecule has 1 fully saturated rings. The molecule has 1 aliphatic heterocycles. The van der Waals surface area contributed by atoms with Gasteiger partial charge in [-0.3, -0.25) is 14.6 Å². The fourth-order valence-electron chi connectivity index (χ4n) is 2.79. The first-order valence-corrected chi connectivity index (χ1v) is 8.80. The van der Waals surface area contributed by atoms with Crippen LogP contribution in [0.25, 0.3) is 11.4 Å². The van der Waals surface area contributed by atoms with Gasteiger partial charge in [-0.15, -0.1) is 0 Å². The molecule has 8 nitrogen and oxygen atoms in total. The predicted molar refractivity (Wildman–Crippen MR) is 85.5 cm³/mol. The maximum atomic E-state index is 12.4. The highest BCUT2D eigenvalue weighted by atomic mass is 32.2. The molecule has 124 valence electrons. The summed E-state index contributed by atoms with van der Waals surface area (Å²) >= 11 is 0. The topological polar surface area (TPSA) is 84.2 Å². The van der Waals surface area contributed by atoms with Gasteiger partial charge in [-0.05, 0) is 18.9 Å². The first-order chi connectivity index (χ1) is 10.9. The van der Waals surface area contributed by atoms with Gasteiger partial charge in [-0.25, -0.2) is 0 Å². The van der Waals surface area contributed by atoms with Gasteiger partial charge in [-0.1, -0.05) is 0 Å². The van der Waals surface area contributed by atoms with Crippen LogP contribution in [0.1, 0.15) is 24.6 Å². The smallest absolute Gasteiger partial charge is 0.266 e. The number of aromatic nitrogens is 4. The summed E-state index contributed by atoms with van der Waals surface area (Å²) < 4.78 is 29.3. The van der Waals surface area contributed by atoms with Gasteiger partial charge >= 0.3 is 0 Å². The molecule has 9 heteroatoms. The molecular formula is C14H20N6O2S. The zero-order valence-electron chi connectivity index (χ0n) is 13.4. The van der Waals surface area contributed by atoms with Crippen molar-refractivity contribution in [1.82, 2.24) is 28.4 Å². The Kier molecular flexibility index (Phi) is 4.17. The second-order valence-electron chi connectivity index (χ2n) is 5.73. The Balaban J connectivity index is 1.89. The molecule has 1 atom stereocenters. The molecule has 0 radical (unpaired) electrons. The van der Waals surface area contributed by atoms with E-state index in [1.54, 1.807) is 37.4 Å². The zero-order chi connectivity index (χ0) is 16.6. The maximum Gasteiger partial charge on any atom is 0.282 e. The average molecular weight is 336 g/mol. The van der Waals surface area contributed by atoms with Crippen molar-refractivity contribution in [2.45, 2.75) is 18.9 Å². The molecule has 0 aromatic carbocycles. The summed E-state index contributed by atoms with van der Waals surface area (Å²) in [6.45, 7) is 0.510. The highest BCUT2D eigenvalue weighted by Crippen LogP contribution is 2.33. The largest absolute Gasteiger partial charge is 0.282 e. The fourth-order valence-corrected chi connectivity index (χ4v) is 4.10. The third-order valence-electron chi connectivity index (χ3n) is 4.06. The van der Waals surface area contributed by atoms with E-state index in [0.717, 1.165) is 18.5 Å². The van der Waals surface area contributed by atoms with E-state index in [4.69, 9.17) is 0 Å². The van der Waals surface area contributed by atoms with Gasteiger partial charge in [0.15, 0.2) is 0 Å². The van der Waals surface area contributed by atoms with E-state index in [1.807, 2.05) is 13.1 Å². The molecule has 23 heavy (non-hydrogen) atoms. The number of rotatable bonds is 4. The number of hydrogen-bond donors (Lipinski definition) is 0. The summed E-state index contributed by atoms with van der Waals surface area (Å²) in [5.74, 6) is 0. The SMILES string of the molecule is CN(C)S(=O)(=O)N1CCC[C@H]1c1cnc(-c2ccnn2C)cn1. The molecule has 0 saturated carbocycles. The number of aryl methyl sites for hydroxylation is 1. The van der Waals surface area contributed by atoms with Crippen LogP contribution in [-0.2, 0) is 17.3 Å². The molecule has 0 bridgehead atoms. The van der Waals surface area contributed by atoms with Crippen LogP contribution < -0.4 is 0 Å². The second kappa shape index (κ2) is 5.99. The summed E-state index contributed by atoms with van der Waals surface area (Å²) in [6, 6.07) is 1.61. The first kappa shape index (κ1) is 16.0. The van der Waals surface area contributed by atoms with Crippen molar-refractivity contribution < 1.29 is 8.42 Å². The van der Waals surface area contributed by atoms with Gasteiger partial charge in [-0.2, -0.15) is 22.1 Å². The van der Waals surface area contributed by atoms with Gasteiger partial charge in [0.2, 0.25) is 0 Å². The molecule has 3 rings (SSSR count). The van der Waals surface area contributed by atoms with Gasteiger partial charge < -0.3 is 0 Å². The van der Waals surface area contributed by atoms with Crippen molar-refractivity contribution in [1.29, 1.82) is 0 Å². The Labute approximate surface area is 135 Å². The highest BCUT2D eigenvalue weighted by molar-refractivity contribution is 7.86. The third-order valence-corrected chi connectivity index (χ3v) is 6.01. The van der Waals surface area contributed by atoms with Gasteiger partial charge in [0, 0.05) is 33.9 Å². The third kappa shape index (κ3) is 2.87. The maximum absolute atomic E-state index is 12.4. The summed E-state index contributed by atoms with van der Waals surface area (Å²) in [5, 5.41) is 4.11. The van der Waals surface area contributed by atoms with Crippen molar-refractivity contribution in [3.8, 4) is 11.4 Å². The Morgan fingerprint density at radius 1 is 1.26 bits per heavy atom. The van der Waals surface area contributed by atoms with Crippen molar-refractivity contribution >= 4 is 10.2 Å². The van der Waals surface area contributed by atoms with E-state index in [2.05, 4.69) is 15.1 Å². The van der Waals surface area contributed by atoms with Gasteiger partial charge in [0.25, 0.3) is 10.2 Å². The van der Waals surface area contributed by atoms with Crippen molar-refractivity contribution in [3.63, 3.8) is 0 Å². The highest BCUT2D eigenvalue weighted by Gasteiger charge is 2.37. The van der Waals surface area contributed by atoms with Crippen molar-refractivity contribution in [2.75, 3.05) is 20.6 Å². The van der Waals surface area contributed by atoms with Gasteiger partial charge in [0.05, 0.1) is 29.8 Å². The lowest BCUT2D eigenvalue weighted by Gasteiger charge is -2.26. The Hall–Kier alpha value is -1.84. The normalized spacial score (nSPS) is 19.6. The van der Waals surface area contributed by atoms with Crippen molar-refractivity contribution in [2.24, 2.45) is 7.05 Å². The monoisotopic (exact) mass is 336 g/mol. The summed E-state index contributed by atoms with van der Waals surface area (Å²) in [5.41, 5.74) is 2.26. The molecule has 0 spiro atoms. The lowest BCUT2D eigenvalue weighted by molar-refractivity contribution is 0.357. The lowest BCUT2D eigenvalue weighted by atomic mass is 10.1. The molecule has 1 saturated heterocycles. The zero-order valence-corrected chi connectivity index (χ0v) is 14.2. The summed E-state index contributed by atoms with van der Waals surface area (Å²) in [6.07, 6.45) is 6.62. The first-order valence-electron chi connectivity index (χ1n) is 7.41. The standard InChI is InChI=1S/C14H20N6O2S/c1-18(2)23(21,22)20-8-4-5-14(20)12-10-15-11(9-16-12)13-6-7-17-19(13)3/h6-7,9-10,14H,4-5,8H2,1-3H3/t14-/m0/s1. The van der Waals surface area contributed by atoms with Crippen LogP contribution >= 0.6 is 0 Å². The molecule has 2 aromatic heterocycles. The van der Waals surface area contributed by atoms with Crippen molar-refractivity contribution in [3.05, 3.63) is 30.4 Å². The van der Waals surface area contributed by atoms with Gasteiger partial charge in [0.1, 0.15) is 5.69 Å². The summed E-state index contributed by atoms with van der Waals surface area (Å²) in [4.78, 5) is 8.88. The molecule has 0 aliphatic carbocycles. The summed E-state index contributed by atoms with van der Waals surface area (Å²) in [7, 11) is 1.48. The van der Waals surface area contributed by atoms with Crippen LogP contribution in [0.4, 0.5) is 0 Å². The quantitative estimate of drug-likeness (QED) is 0.825. The molecule has 0 N–H and O–H groups in total. The van der Waals surface area contributed by atoms with E-state index in [9.17, 15) is 8.42 Å². The minimum absolute atomic E-state index is 0.254. The van der Waals surface area contributed by atoms with Crippen LogP contribution in [0.3, 0.4) is 0 Å². The molecule has 1 aliphatic rings. The van der Waals surface area contributed by atoms with Crippen LogP contribution in [0, 0.1) is 0 Å². The number of hydrogen-bond acceptors (Lipinski definition) is 5. The van der Waals surface area contributed by atoms with Crippen LogP contribution in [0.5, 0.6) is 0 Å². The molecule has 0 amide bonds. The Morgan fingerprint density at radius 2 is 2.04 bits per heavy atom. The van der Waals surface area contributed by atoms with Crippen LogP contribution in [-0.4, -0.2) is 57.4 Å². The fraction of sp³-hybridized carbons (Fsp3) is 0.500. The minimum atomic E-state index is -3.45. The molecule has 2 aromatic rings. The van der Waals surface area contributed by atoms with E-state index in [-0.39, 0.29) is 6.04 Å². The minimum Gasteiger partial charge on any atom is -0.266 e. The predicted octanol–water partition coefficient (Wildman–Crippen LogP) is 0.820.